The summed E-state index contributed by atoms with van der Waals surface area (Å²) in [6, 6.07) is 7.84. The van der Waals surface area contributed by atoms with E-state index in [1.807, 2.05) is 33.6 Å². The number of para-hydroxylation sites is 1. The van der Waals surface area contributed by atoms with Crippen molar-refractivity contribution in [1.29, 1.82) is 0 Å². The number of carbonyl (C=O) groups excluding carboxylic acids is 1. The number of hydrogen-bond acceptors (Lipinski definition) is 5. The zero-order valence-electron chi connectivity index (χ0n) is 17.9. The van der Waals surface area contributed by atoms with Crippen LogP contribution in [0, 0.1) is 5.92 Å². The number of nitrogens with zero attached hydrogens (tertiary/aromatic N) is 5. The van der Waals surface area contributed by atoms with E-state index in [0.29, 0.717) is 40.6 Å². The third-order valence-electron chi connectivity index (χ3n) is 5.86. The van der Waals surface area contributed by atoms with Crippen LogP contribution in [0.5, 0.6) is 0 Å². The average Bonchev–Trinajstić information content (AvgIpc) is 3.16. The molecule has 0 bridgehead atoms. The first kappa shape index (κ1) is 20.9. The summed E-state index contributed by atoms with van der Waals surface area (Å²) < 4.78 is 3.64. The molecule has 0 spiro atoms. The van der Waals surface area contributed by atoms with Crippen molar-refractivity contribution in [2.24, 2.45) is 5.92 Å². The second kappa shape index (κ2) is 8.79. The highest BCUT2D eigenvalue weighted by Crippen LogP contribution is 2.24. The maximum absolute atomic E-state index is 13.1. The van der Waals surface area contributed by atoms with Crippen LogP contribution < -0.4 is 5.56 Å². The summed E-state index contributed by atoms with van der Waals surface area (Å²) in [4.78, 5) is 27.9. The van der Waals surface area contributed by atoms with Crippen LogP contribution in [0.3, 0.4) is 0 Å². The maximum atomic E-state index is 13.1. The van der Waals surface area contributed by atoms with Crippen LogP contribution >= 0.6 is 11.8 Å². The van der Waals surface area contributed by atoms with Crippen molar-refractivity contribution >= 4 is 34.3 Å². The van der Waals surface area contributed by atoms with Gasteiger partial charge in [-0.05, 0) is 50.7 Å². The average molecular weight is 428 g/mol. The van der Waals surface area contributed by atoms with Gasteiger partial charge in [0.05, 0.1) is 16.7 Å². The Balaban J connectivity index is 1.69. The minimum absolute atomic E-state index is 0.0408. The number of carbonyl (C=O) groups is 1. The molecule has 1 aromatic carbocycles. The number of aromatic nitrogens is 4. The SMILES string of the molecule is CC(C)CCn1c(=O)c2ccccc2n2c(SCC(=O)N3CCCC[C@H]3C)nnc12. The minimum Gasteiger partial charge on any atom is -0.339 e. The molecular weight excluding hydrogens is 398 g/mol. The molecule has 0 aliphatic carbocycles. The lowest BCUT2D eigenvalue weighted by Crippen LogP contribution is -2.42. The van der Waals surface area contributed by atoms with Crippen molar-refractivity contribution in [2.45, 2.75) is 64.2 Å². The number of piperidine rings is 1. The molecule has 1 aliphatic heterocycles. The van der Waals surface area contributed by atoms with E-state index >= 15 is 0 Å². The fraction of sp³-hybridized carbons (Fsp3) is 0.545. The second-order valence-electron chi connectivity index (χ2n) is 8.50. The molecule has 2 aromatic heterocycles. The van der Waals surface area contributed by atoms with E-state index in [9.17, 15) is 9.59 Å². The summed E-state index contributed by atoms with van der Waals surface area (Å²) in [5, 5.41) is 9.99. The summed E-state index contributed by atoms with van der Waals surface area (Å²) >= 11 is 1.40. The van der Waals surface area contributed by atoms with Crippen molar-refractivity contribution < 1.29 is 4.79 Å². The van der Waals surface area contributed by atoms with Crippen LogP contribution in [0.15, 0.2) is 34.2 Å². The van der Waals surface area contributed by atoms with E-state index in [-0.39, 0.29) is 11.5 Å². The number of likely N-dealkylation sites (tertiary alicyclic amines) is 1. The van der Waals surface area contributed by atoms with Crippen molar-refractivity contribution in [3.63, 3.8) is 0 Å². The first-order valence-electron chi connectivity index (χ1n) is 10.8. The summed E-state index contributed by atoms with van der Waals surface area (Å²) in [7, 11) is 0. The minimum atomic E-state index is -0.0408. The van der Waals surface area contributed by atoms with Gasteiger partial charge in [0.1, 0.15) is 0 Å². The molecule has 1 saturated heterocycles. The highest BCUT2D eigenvalue weighted by Gasteiger charge is 2.24. The monoisotopic (exact) mass is 427 g/mol. The molecule has 8 heteroatoms. The Labute approximate surface area is 180 Å². The summed E-state index contributed by atoms with van der Waals surface area (Å²) in [5.41, 5.74) is 0.741. The molecule has 0 N–H and O–H groups in total. The van der Waals surface area contributed by atoms with Crippen molar-refractivity contribution in [3.8, 4) is 0 Å². The quantitative estimate of drug-likeness (QED) is 0.562. The van der Waals surface area contributed by atoms with E-state index in [4.69, 9.17) is 0 Å². The topological polar surface area (TPSA) is 72.5 Å². The molecule has 0 unspecified atom stereocenters. The Morgan fingerprint density at radius 2 is 2.03 bits per heavy atom. The van der Waals surface area contributed by atoms with E-state index in [0.717, 1.165) is 31.3 Å². The van der Waals surface area contributed by atoms with Gasteiger partial charge in [0, 0.05) is 19.1 Å². The molecule has 0 saturated carbocycles. The van der Waals surface area contributed by atoms with Crippen LogP contribution in [0.25, 0.3) is 16.7 Å². The molecule has 3 aromatic rings. The van der Waals surface area contributed by atoms with Gasteiger partial charge < -0.3 is 4.90 Å². The van der Waals surface area contributed by atoms with Crippen LogP contribution in [0.4, 0.5) is 0 Å². The van der Waals surface area contributed by atoms with Gasteiger partial charge in [0.2, 0.25) is 11.7 Å². The van der Waals surface area contributed by atoms with Crippen molar-refractivity contribution in [1.82, 2.24) is 24.1 Å². The zero-order valence-corrected chi connectivity index (χ0v) is 18.7. The standard InChI is InChI=1S/C22H29N5O2S/c1-15(2)11-13-26-20(29)17-9-4-5-10-18(17)27-21(26)23-24-22(27)30-14-19(28)25-12-7-6-8-16(25)3/h4-5,9-10,15-16H,6-8,11-14H2,1-3H3/t16-/m1/s1. The molecule has 30 heavy (non-hydrogen) atoms. The predicted octanol–water partition coefficient (Wildman–Crippen LogP) is 3.58. The van der Waals surface area contributed by atoms with E-state index < -0.39 is 0 Å². The van der Waals surface area contributed by atoms with Crippen molar-refractivity contribution in [2.75, 3.05) is 12.3 Å². The molecular formula is C22H29N5O2S. The number of hydrogen-bond donors (Lipinski definition) is 0. The molecule has 1 aliphatic rings. The van der Waals surface area contributed by atoms with Gasteiger partial charge in [-0.25, -0.2) is 0 Å². The Bertz CT molecular complexity index is 1120. The Morgan fingerprint density at radius 3 is 2.80 bits per heavy atom. The van der Waals surface area contributed by atoms with Crippen LogP contribution in [0.1, 0.15) is 46.5 Å². The third-order valence-corrected chi connectivity index (χ3v) is 6.77. The molecule has 0 radical (unpaired) electrons. The largest absolute Gasteiger partial charge is 0.339 e. The van der Waals surface area contributed by atoms with Gasteiger partial charge in [-0.1, -0.05) is 37.7 Å². The zero-order chi connectivity index (χ0) is 21.3. The Kier molecular flexibility index (Phi) is 6.13. The summed E-state index contributed by atoms with van der Waals surface area (Å²) in [6.07, 6.45) is 4.21. The number of fused-ring (bicyclic) bond motifs is 3. The first-order valence-corrected chi connectivity index (χ1v) is 11.7. The number of amides is 1. The smallest absolute Gasteiger partial charge is 0.262 e. The highest BCUT2D eigenvalue weighted by molar-refractivity contribution is 7.99. The third kappa shape index (κ3) is 3.97. The molecule has 4 rings (SSSR count). The van der Waals surface area contributed by atoms with Crippen LogP contribution in [-0.2, 0) is 11.3 Å². The first-order chi connectivity index (χ1) is 14.5. The van der Waals surface area contributed by atoms with Gasteiger partial charge in [-0.15, -0.1) is 10.2 Å². The van der Waals surface area contributed by atoms with Crippen LogP contribution in [0.2, 0.25) is 0 Å². The summed E-state index contributed by atoms with van der Waals surface area (Å²) in [5.74, 6) is 1.48. The lowest BCUT2D eigenvalue weighted by Gasteiger charge is -2.33. The van der Waals surface area contributed by atoms with Crippen LogP contribution in [-0.4, -0.2) is 48.3 Å². The van der Waals surface area contributed by atoms with E-state index in [2.05, 4.69) is 31.0 Å². The highest BCUT2D eigenvalue weighted by atomic mass is 32.2. The fourth-order valence-electron chi connectivity index (χ4n) is 4.09. The van der Waals surface area contributed by atoms with Gasteiger partial charge >= 0.3 is 0 Å². The van der Waals surface area contributed by atoms with Crippen molar-refractivity contribution in [3.05, 3.63) is 34.6 Å². The lowest BCUT2D eigenvalue weighted by molar-refractivity contribution is -0.131. The summed E-state index contributed by atoms with van der Waals surface area (Å²) in [6.45, 7) is 7.83. The Morgan fingerprint density at radius 1 is 1.23 bits per heavy atom. The number of benzene rings is 1. The fourth-order valence-corrected chi connectivity index (χ4v) is 4.92. The molecule has 1 atom stereocenters. The van der Waals surface area contributed by atoms with Gasteiger partial charge in [-0.3, -0.25) is 18.6 Å². The number of thioether (sulfide) groups is 1. The Hall–Kier alpha value is -2.35. The predicted molar refractivity (Wildman–Crippen MR) is 120 cm³/mol. The molecule has 160 valence electrons. The van der Waals surface area contributed by atoms with E-state index in [1.54, 1.807) is 4.57 Å². The number of aryl methyl sites for hydroxylation is 1. The molecule has 3 heterocycles. The molecule has 7 nitrogen and oxygen atoms in total. The normalized spacial score (nSPS) is 17.3. The second-order valence-corrected chi connectivity index (χ2v) is 9.44. The number of rotatable bonds is 6. The lowest BCUT2D eigenvalue weighted by atomic mass is 10.0. The van der Waals surface area contributed by atoms with E-state index in [1.165, 1.54) is 18.2 Å². The van der Waals surface area contributed by atoms with Gasteiger partial charge in [-0.2, -0.15) is 0 Å². The molecule has 1 amide bonds. The molecule has 1 fully saturated rings. The van der Waals surface area contributed by atoms with Gasteiger partial charge in [0.25, 0.3) is 5.56 Å². The maximum Gasteiger partial charge on any atom is 0.262 e. The van der Waals surface area contributed by atoms with Gasteiger partial charge in [0.15, 0.2) is 5.16 Å².